The van der Waals surface area contributed by atoms with Crippen molar-refractivity contribution in [2.45, 2.75) is 6.42 Å². The average molecular weight is 208 g/mol. The van der Waals surface area contributed by atoms with Crippen LogP contribution in [0.4, 0.5) is 5.82 Å². The largest absolute Gasteiger partial charge is 0.308 e. The number of nitrogens with one attached hydrogen (secondary N) is 2. The molecule has 2 N–H and O–H groups in total. The first-order valence-corrected chi connectivity index (χ1v) is 4.90. The molecule has 2 heterocycles. The molecule has 0 spiro atoms. The Bertz CT molecular complexity index is 357. The van der Waals surface area contributed by atoms with Gasteiger partial charge in [-0.15, -0.1) is 16.4 Å². The highest BCUT2D eigenvalue weighted by atomic mass is 32.1. The van der Waals surface area contributed by atoms with Crippen LogP contribution >= 0.6 is 11.3 Å². The first-order valence-electron chi connectivity index (χ1n) is 4.02. The van der Waals surface area contributed by atoms with E-state index in [0.29, 0.717) is 12.2 Å². The second-order valence-electron chi connectivity index (χ2n) is 2.66. The van der Waals surface area contributed by atoms with Crippen LogP contribution < -0.4 is 5.32 Å². The van der Waals surface area contributed by atoms with Gasteiger partial charge in [0, 0.05) is 4.88 Å². The summed E-state index contributed by atoms with van der Waals surface area (Å²) in [6.07, 6.45) is 1.84. The Balaban J connectivity index is 1.91. The number of carbonyl (C=O) groups is 1. The number of aromatic amines is 1. The SMILES string of the molecule is O=C(Cc1cccs1)Nc1cn[nH]n1. The lowest BCUT2D eigenvalue weighted by molar-refractivity contribution is -0.115. The molecule has 0 saturated heterocycles. The van der Waals surface area contributed by atoms with E-state index in [9.17, 15) is 4.79 Å². The van der Waals surface area contributed by atoms with Gasteiger partial charge in [-0.3, -0.25) is 4.79 Å². The number of H-pyrrole nitrogens is 1. The van der Waals surface area contributed by atoms with Gasteiger partial charge in [0.05, 0.1) is 12.6 Å². The standard InChI is InChI=1S/C8H8N4OS/c13-8(4-6-2-1-3-14-6)10-7-5-9-12-11-7/h1-3,5H,4H2,(H2,9,10,11,12,13). The van der Waals surface area contributed by atoms with Crippen molar-refractivity contribution in [2.75, 3.05) is 5.32 Å². The van der Waals surface area contributed by atoms with Crippen molar-refractivity contribution >= 4 is 23.1 Å². The zero-order valence-electron chi connectivity index (χ0n) is 7.23. The fourth-order valence-corrected chi connectivity index (χ4v) is 1.72. The van der Waals surface area contributed by atoms with Gasteiger partial charge in [-0.05, 0) is 11.4 Å². The van der Waals surface area contributed by atoms with Gasteiger partial charge in [-0.25, -0.2) is 0 Å². The maximum absolute atomic E-state index is 11.4. The Labute approximate surface area is 84.2 Å². The number of amides is 1. The minimum Gasteiger partial charge on any atom is -0.308 e. The molecule has 0 radical (unpaired) electrons. The lowest BCUT2D eigenvalue weighted by atomic mass is 10.3. The number of carbonyl (C=O) groups excluding carboxylic acids is 1. The van der Waals surface area contributed by atoms with E-state index in [2.05, 4.69) is 20.7 Å². The minimum atomic E-state index is -0.0821. The maximum atomic E-state index is 11.4. The predicted octanol–water partition coefficient (Wildman–Crippen LogP) is 1.05. The normalized spacial score (nSPS) is 10.0. The molecule has 0 bridgehead atoms. The lowest BCUT2D eigenvalue weighted by Crippen LogP contribution is -2.13. The Morgan fingerprint density at radius 2 is 2.57 bits per heavy atom. The first-order chi connectivity index (χ1) is 6.84. The molecule has 2 aromatic heterocycles. The van der Waals surface area contributed by atoms with Gasteiger partial charge in [0.1, 0.15) is 0 Å². The summed E-state index contributed by atoms with van der Waals surface area (Å²) in [6.45, 7) is 0. The maximum Gasteiger partial charge on any atom is 0.230 e. The molecule has 2 rings (SSSR count). The van der Waals surface area contributed by atoms with Gasteiger partial charge in [0.2, 0.25) is 5.91 Å². The molecule has 6 heteroatoms. The number of thiophene rings is 1. The quantitative estimate of drug-likeness (QED) is 0.792. The van der Waals surface area contributed by atoms with E-state index in [1.165, 1.54) is 6.20 Å². The smallest absolute Gasteiger partial charge is 0.230 e. The third kappa shape index (κ3) is 2.17. The molecular weight excluding hydrogens is 200 g/mol. The van der Waals surface area contributed by atoms with Gasteiger partial charge in [0.25, 0.3) is 0 Å². The molecule has 0 aliphatic carbocycles. The Kier molecular flexibility index (Phi) is 2.55. The van der Waals surface area contributed by atoms with Crippen molar-refractivity contribution in [3.63, 3.8) is 0 Å². The number of aromatic nitrogens is 3. The van der Waals surface area contributed by atoms with E-state index in [4.69, 9.17) is 0 Å². The van der Waals surface area contributed by atoms with E-state index in [1.54, 1.807) is 11.3 Å². The third-order valence-electron chi connectivity index (χ3n) is 1.60. The summed E-state index contributed by atoms with van der Waals surface area (Å²) in [6, 6.07) is 3.84. The molecule has 0 unspecified atom stereocenters. The summed E-state index contributed by atoms with van der Waals surface area (Å²) in [5, 5.41) is 14.3. The average Bonchev–Trinajstić information content (AvgIpc) is 2.76. The van der Waals surface area contributed by atoms with Crippen LogP contribution in [0, 0.1) is 0 Å². The molecule has 0 aliphatic heterocycles. The van der Waals surface area contributed by atoms with Crippen LogP contribution in [-0.2, 0) is 11.2 Å². The highest BCUT2D eigenvalue weighted by molar-refractivity contribution is 7.10. The highest BCUT2D eigenvalue weighted by Gasteiger charge is 2.05. The minimum absolute atomic E-state index is 0.0821. The molecule has 72 valence electrons. The molecule has 5 nitrogen and oxygen atoms in total. The summed E-state index contributed by atoms with van der Waals surface area (Å²) in [4.78, 5) is 12.4. The van der Waals surface area contributed by atoms with Crippen molar-refractivity contribution in [1.82, 2.24) is 15.4 Å². The second kappa shape index (κ2) is 4.01. The zero-order valence-corrected chi connectivity index (χ0v) is 8.04. The molecular formula is C8H8N4OS. The molecule has 14 heavy (non-hydrogen) atoms. The van der Waals surface area contributed by atoms with Gasteiger partial charge in [-0.2, -0.15) is 10.3 Å². The van der Waals surface area contributed by atoms with Crippen LogP contribution in [0.15, 0.2) is 23.7 Å². The van der Waals surface area contributed by atoms with Crippen LogP contribution in [0.25, 0.3) is 0 Å². The van der Waals surface area contributed by atoms with Crippen LogP contribution in [0.1, 0.15) is 4.88 Å². The van der Waals surface area contributed by atoms with Crippen LogP contribution in [0.2, 0.25) is 0 Å². The van der Waals surface area contributed by atoms with E-state index in [1.807, 2.05) is 17.5 Å². The fourth-order valence-electron chi connectivity index (χ4n) is 1.02. The summed E-state index contributed by atoms with van der Waals surface area (Å²) in [5.74, 6) is 0.368. The topological polar surface area (TPSA) is 70.7 Å². The van der Waals surface area contributed by atoms with E-state index >= 15 is 0 Å². The lowest BCUT2D eigenvalue weighted by Gasteiger charge is -1.98. The van der Waals surface area contributed by atoms with Crippen LogP contribution in [0.3, 0.4) is 0 Å². The number of nitrogens with zero attached hydrogens (tertiary/aromatic N) is 2. The number of rotatable bonds is 3. The van der Waals surface area contributed by atoms with Crippen molar-refractivity contribution in [1.29, 1.82) is 0 Å². The van der Waals surface area contributed by atoms with Gasteiger partial charge >= 0.3 is 0 Å². The highest BCUT2D eigenvalue weighted by Crippen LogP contribution is 2.09. The molecule has 0 atom stereocenters. The molecule has 0 aliphatic rings. The predicted molar refractivity (Wildman–Crippen MR) is 53.0 cm³/mol. The van der Waals surface area contributed by atoms with Crippen molar-refractivity contribution in [2.24, 2.45) is 0 Å². The third-order valence-corrected chi connectivity index (χ3v) is 2.47. The van der Waals surface area contributed by atoms with Gasteiger partial charge in [-0.1, -0.05) is 6.07 Å². The van der Waals surface area contributed by atoms with Crippen LogP contribution in [-0.4, -0.2) is 21.3 Å². The summed E-state index contributed by atoms with van der Waals surface area (Å²) >= 11 is 1.56. The molecule has 0 fully saturated rings. The molecule has 2 aromatic rings. The van der Waals surface area contributed by atoms with E-state index < -0.39 is 0 Å². The van der Waals surface area contributed by atoms with Crippen LogP contribution in [0.5, 0.6) is 0 Å². The van der Waals surface area contributed by atoms with E-state index in [0.717, 1.165) is 4.88 Å². The molecule has 0 aromatic carbocycles. The zero-order chi connectivity index (χ0) is 9.80. The number of hydrogen-bond donors (Lipinski definition) is 2. The van der Waals surface area contributed by atoms with E-state index in [-0.39, 0.29) is 5.91 Å². The fraction of sp³-hybridized carbons (Fsp3) is 0.125. The van der Waals surface area contributed by atoms with Gasteiger partial charge < -0.3 is 5.32 Å². The number of hydrogen-bond acceptors (Lipinski definition) is 4. The monoisotopic (exact) mass is 208 g/mol. The summed E-state index contributed by atoms with van der Waals surface area (Å²) < 4.78 is 0. The molecule has 1 amide bonds. The van der Waals surface area contributed by atoms with Crippen molar-refractivity contribution in [3.8, 4) is 0 Å². The molecule has 0 saturated carbocycles. The van der Waals surface area contributed by atoms with Crippen molar-refractivity contribution < 1.29 is 4.79 Å². The Morgan fingerprint density at radius 3 is 3.21 bits per heavy atom. The second-order valence-corrected chi connectivity index (χ2v) is 3.69. The first kappa shape index (κ1) is 8.89. The summed E-state index contributed by atoms with van der Waals surface area (Å²) in [5.41, 5.74) is 0. The van der Waals surface area contributed by atoms with Gasteiger partial charge in [0.15, 0.2) is 5.82 Å². The Hall–Kier alpha value is -1.69. The van der Waals surface area contributed by atoms with Crippen molar-refractivity contribution in [3.05, 3.63) is 28.6 Å². The summed E-state index contributed by atoms with van der Waals surface area (Å²) in [7, 11) is 0. The Morgan fingerprint density at radius 1 is 1.64 bits per heavy atom. The number of anilines is 1.